The van der Waals surface area contributed by atoms with Crippen LogP contribution in [0.15, 0.2) is 79.1 Å². The van der Waals surface area contributed by atoms with Crippen molar-refractivity contribution in [3.63, 3.8) is 0 Å². The van der Waals surface area contributed by atoms with Gasteiger partial charge in [0.2, 0.25) is 5.91 Å². The Morgan fingerprint density at radius 3 is 1.70 bits per heavy atom. The van der Waals surface area contributed by atoms with Gasteiger partial charge in [-0.25, -0.2) is 19.6 Å². The Labute approximate surface area is 353 Å². The number of aryl methyl sites for hydroxylation is 2. The van der Waals surface area contributed by atoms with Crippen LogP contribution in [0.4, 0.5) is 9.59 Å². The van der Waals surface area contributed by atoms with E-state index in [1.54, 1.807) is 0 Å². The minimum Gasteiger partial charge on any atom is -0.453 e. The van der Waals surface area contributed by atoms with Gasteiger partial charge in [0.1, 0.15) is 23.7 Å². The number of nitrogens with zero attached hydrogens (tertiary/aromatic N) is 4. The average molecular weight is 823 g/mol. The van der Waals surface area contributed by atoms with Crippen molar-refractivity contribution in [2.75, 3.05) is 27.3 Å². The maximum Gasteiger partial charge on any atom is 0.407 e. The minimum absolute atomic E-state index is 0.109. The third kappa shape index (κ3) is 7.44. The lowest BCUT2D eigenvalue weighted by atomic mass is 9.84. The lowest BCUT2D eigenvalue weighted by Crippen LogP contribution is -2.51. The molecule has 1 aliphatic carbocycles. The molecule has 61 heavy (non-hydrogen) atoms. The van der Waals surface area contributed by atoms with E-state index in [-0.39, 0.29) is 29.8 Å². The highest BCUT2D eigenvalue weighted by Crippen LogP contribution is 2.41. The van der Waals surface area contributed by atoms with Crippen molar-refractivity contribution in [3.8, 4) is 22.5 Å². The Bertz CT molecular complexity index is 2650. The van der Waals surface area contributed by atoms with Gasteiger partial charge in [0.15, 0.2) is 0 Å². The fraction of sp³-hybridized carbons (Fsp3) is 0.362. The molecule has 4 amide bonds. The van der Waals surface area contributed by atoms with Crippen LogP contribution >= 0.6 is 0 Å². The first-order chi connectivity index (χ1) is 29.6. The Morgan fingerprint density at radius 1 is 0.689 bits per heavy atom. The number of rotatable bonds is 10. The lowest BCUT2D eigenvalue weighted by Gasteiger charge is -2.30. The number of hydrogen-bond acceptors (Lipinski definition) is 8. The molecule has 14 heteroatoms. The van der Waals surface area contributed by atoms with Crippen molar-refractivity contribution in [2.24, 2.45) is 5.92 Å². The zero-order valence-electron chi connectivity index (χ0n) is 34.8. The van der Waals surface area contributed by atoms with Crippen LogP contribution in [0.3, 0.4) is 0 Å². The molecular weight excluding hydrogens is 773 g/mol. The highest BCUT2D eigenvalue weighted by molar-refractivity contribution is 6.13. The number of methoxy groups -OCH3 is 2. The van der Waals surface area contributed by atoms with Crippen LogP contribution in [0.25, 0.3) is 44.1 Å². The molecule has 314 valence electrons. The number of likely N-dealkylation sites (tertiary alicyclic amines) is 2. The van der Waals surface area contributed by atoms with Crippen molar-refractivity contribution in [1.29, 1.82) is 0 Å². The summed E-state index contributed by atoms with van der Waals surface area (Å²) in [5.74, 6) is 1.01. The van der Waals surface area contributed by atoms with E-state index in [2.05, 4.69) is 57.0 Å². The quantitative estimate of drug-likeness (QED) is 0.102. The largest absolute Gasteiger partial charge is 0.453 e. The summed E-state index contributed by atoms with van der Waals surface area (Å²) in [4.78, 5) is 72.5. The molecule has 4 heterocycles. The molecule has 14 nitrogen and oxygen atoms in total. The number of hydrogen-bond donors (Lipinski definition) is 4. The van der Waals surface area contributed by atoms with Gasteiger partial charge in [-0.1, -0.05) is 56.3 Å². The summed E-state index contributed by atoms with van der Waals surface area (Å²) in [5, 5.41) is 10.3. The van der Waals surface area contributed by atoms with Crippen molar-refractivity contribution in [1.82, 2.24) is 40.4 Å². The SMILES string of the molecule is COC(=O)N[C@H](C(=O)N1CCC[C@H]1c1ncc(-c2cc3c4c(ccc5cc(-c6cnc([C@@H]7CCCN7C(=O)[C@H](NC(=O)OC)c7ccccc7)[nH]6)cc(c54)CC3)c2)[nH]1)C(C)C. The van der Waals surface area contributed by atoms with Crippen molar-refractivity contribution < 1.29 is 28.7 Å². The van der Waals surface area contributed by atoms with Crippen LogP contribution in [0, 0.1) is 5.92 Å². The molecular formula is C47H50N8O6. The van der Waals surface area contributed by atoms with Crippen LogP contribution in [0.1, 0.15) is 86.0 Å². The van der Waals surface area contributed by atoms with Crippen LogP contribution in [-0.2, 0) is 31.9 Å². The maximum atomic E-state index is 14.0. The first-order valence-electron chi connectivity index (χ1n) is 21.1. The fourth-order valence-electron chi connectivity index (χ4n) is 9.57. The van der Waals surface area contributed by atoms with E-state index in [0.717, 1.165) is 83.5 Å². The molecule has 0 saturated carbocycles. The van der Waals surface area contributed by atoms with E-state index in [0.29, 0.717) is 18.7 Å². The molecule has 3 aliphatic rings. The smallest absolute Gasteiger partial charge is 0.407 e. The first kappa shape index (κ1) is 39.7. The Kier molecular flexibility index (Phi) is 10.7. The van der Waals surface area contributed by atoms with Crippen LogP contribution < -0.4 is 10.6 Å². The normalized spacial score (nSPS) is 18.2. The number of carbonyl (C=O) groups is 4. The standard InChI is InChI=1S/C47H50N8O6/c1-26(2)40(52-46(58)60-3)44(56)54-18-8-12-36(54)42-48-24-34(50-42)32-20-28-14-16-30-22-33(23-31-17-15-29(21-32)38(28)39(30)31)35-25-49-43(51-35)37-13-9-19-55(37)45(57)41(53-47(59)61-4)27-10-6-5-7-11-27/h5-7,10-11,14,16,20-26,36-37,40-41H,8-9,12-13,15,17-19H2,1-4H3,(H,48,50)(H,49,51)(H,52,58)(H,53,59)/t36-,37-,40-,41+/m0/s1. The topological polar surface area (TPSA) is 175 Å². The number of amides is 4. The molecule has 4 atom stereocenters. The zero-order valence-corrected chi connectivity index (χ0v) is 34.8. The van der Waals surface area contributed by atoms with Gasteiger partial charge in [0, 0.05) is 24.2 Å². The molecule has 0 unspecified atom stereocenters. The molecule has 2 aromatic heterocycles. The molecule has 0 radical (unpaired) electrons. The second-order valence-corrected chi connectivity index (χ2v) is 16.6. The molecule has 6 aromatic rings. The highest BCUT2D eigenvalue weighted by atomic mass is 16.5. The molecule has 4 aromatic carbocycles. The number of alkyl carbamates (subject to hydrolysis) is 2. The molecule has 2 saturated heterocycles. The van der Waals surface area contributed by atoms with E-state index in [4.69, 9.17) is 19.4 Å². The number of H-pyrrole nitrogens is 2. The minimum atomic E-state index is -0.882. The maximum absolute atomic E-state index is 14.0. The number of carbonyl (C=O) groups excluding carboxylic acids is 4. The monoisotopic (exact) mass is 822 g/mol. The third-order valence-electron chi connectivity index (χ3n) is 12.6. The highest BCUT2D eigenvalue weighted by Gasteiger charge is 2.39. The number of ether oxygens (including phenoxy) is 2. The van der Waals surface area contributed by atoms with E-state index < -0.39 is 24.3 Å². The van der Waals surface area contributed by atoms with Gasteiger partial charge in [-0.3, -0.25) is 9.59 Å². The second-order valence-electron chi connectivity index (χ2n) is 16.6. The van der Waals surface area contributed by atoms with Crippen LogP contribution in [0.5, 0.6) is 0 Å². The predicted octanol–water partition coefficient (Wildman–Crippen LogP) is 7.68. The molecule has 9 rings (SSSR count). The average Bonchev–Trinajstić information content (AvgIpc) is 4.13. The summed E-state index contributed by atoms with van der Waals surface area (Å²) in [6, 6.07) is 20.5. The van der Waals surface area contributed by atoms with E-state index in [1.807, 2.05) is 66.4 Å². The van der Waals surface area contributed by atoms with Crippen molar-refractivity contribution in [2.45, 2.75) is 76.5 Å². The zero-order chi connectivity index (χ0) is 42.4. The van der Waals surface area contributed by atoms with Crippen molar-refractivity contribution >= 4 is 45.5 Å². The molecule has 2 fully saturated rings. The summed E-state index contributed by atoms with van der Waals surface area (Å²) >= 11 is 0. The summed E-state index contributed by atoms with van der Waals surface area (Å²) in [6.45, 7) is 4.97. The van der Waals surface area contributed by atoms with Gasteiger partial charge >= 0.3 is 12.2 Å². The Morgan fingerprint density at radius 2 is 1.20 bits per heavy atom. The van der Waals surface area contributed by atoms with Gasteiger partial charge < -0.3 is 39.9 Å². The van der Waals surface area contributed by atoms with E-state index in [1.165, 1.54) is 36.1 Å². The second kappa shape index (κ2) is 16.4. The number of nitrogens with one attached hydrogen (secondary N) is 4. The number of aromatic nitrogens is 4. The fourth-order valence-corrected chi connectivity index (χ4v) is 9.57. The van der Waals surface area contributed by atoms with E-state index in [9.17, 15) is 19.2 Å². The van der Waals surface area contributed by atoms with Crippen LogP contribution in [0.2, 0.25) is 0 Å². The van der Waals surface area contributed by atoms with Gasteiger partial charge in [0.05, 0.1) is 50.1 Å². The number of benzene rings is 4. The predicted molar refractivity (Wildman–Crippen MR) is 230 cm³/mol. The van der Waals surface area contributed by atoms with Crippen molar-refractivity contribution in [3.05, 3.63) is 107 Å². The molecule has 0 bridgehead atoms. The van der Waals surface area contributed by atoms with Gasteiger partial charge in [-0.05, 0) is 107 Å². The van der Waals surface area contributed by atoms with Crippen LogP contribution in [-0.4, -0.2) is 87.1 Å². The van der Waals surface area contributed by atoms with E-state index >= 15 is 0 Å². The number of imidazole rings is 2. The summed E-state index contributed by atoms with van der Waals surface area (Å²) in [5.41, 5.74) is 7.12. The Hall–Kier alpha value is -6.70. The third-order valence-corrected chi connectivity index (χ3v) is 12.6. The molecule has 4 N–H and O–H groups in total. The molecule has 2 aliphatic heterocycles. The number of aromatic amines is 2. The Balaban J connectivity index is 0.963. The first-order valence-corrected chi connectivity index (χ1v) is 21.1. The van der Waals surface area contributed by atoms with Gasteiger partial charge in [-0.15, -0.1) is 0 Å². The van der Waals surface area contributed by atoms with Gasteiger partial charge in [0.25, 0.3) is 5.91 Å². The molecule has 0 spiro atoms. The lowest BCUT2D eigenvalue weighted by molar-refractivity contribution is -0.135. The summed E-state index contributed by atoms with van der Waals surface area (Å²) in [6.07, 6.45) is 7.40. The summed E-state index contributed by atoms with van der Waals surface area (Å²) in [7, 11) is 2.59. The van der Waals surface area contributed by atoms with Gasteiger partial charge in [-0.2, -0.15) is 0 Å². The summed E-state index contributed by atoms with van der Waals surface area (Å²) < 4.78 is 9.66.